The van der Waals surface area contributed by atoms with Gasteiger partial charge in [0.2, 0.25) is 5.82 Å². The van der Waals surface area contributed by atoms with E-state index in [1.807, 2.05) is 13.8 Å². The maximum Gasteiger partial charge on any atom is 0.333 e. The molecule has 1 fully saturated rings. The normalized spacial score (nSPS) is 21.4. The molecule has 21 heavy (non-hydrogen) atoms. The van der Waals surface area contributed by atoms with Crippen LogP contribution in [0.1, 0.15) is 38.4 Å². The van der Waals surface area contributed by atoms with Crippen molar-refractivity contribution in [3.8, 4) is 0 Å². The summed E-state index contributed by atoms with van der Waals surface area (Å²) in [7, 11) is -3.07. The topological polar surface area (TPSA) is 107 Å². The van der Waals surface area contributed by atoms with Gasteiger partial charge in [0, 0.05) is 12.1 Å². The first-order valence-electron chi connectivity index (χ1n) is 6.91. The molecular weight excluding hydrogens is 296 g/mol. The Morgan fingerprint density at radius 3 is 2.67 bits per heavy atom. The summed E-state index contributed by atoms with van der Waals surface area (Å²) in [4.78, 5) is 10.8. The Kier molecular flexibility index (Phi) is 4.22. The van der Waals surface area contributed by atoms with E-state index in [1.54, 1.807) is 11.6 Å². The van der Waals surface area contributed by atoms with Crippen LogP contribution in [0.25, 0.3) is 0 Å². The van der Waals surface area contributed by atoms with E-state index in [4.69, 9.17) is 0 Å². The third-order valence-corrected chi connectivity index (χ3v) is 5.35. The fourth-order valence-electron chi connectivity index (χ4n) is 2.60. The highest BCUT2D eigenvalue weighted by molar-refractivity contribution is 7.91. The summed E-state index contributed by atoms with van der Waals surface area (Å²) in [6.07, 6.45) is 1.25. The van der Waals surface area contributed by atoms with Crippen LogP contribution in [-0.2, 0) is 9.84 Å². The van der Waals surface area contributed by atoms with E-state index in [0.717, 1.165) is 0 Å². The molecule has 2 heterocycles. The van der Waals surface area contributed by atoms with Crippen molar-refractivity contribution in [1.29, 1.82) is 0 Å². The van der Waals surface area contributed by atoms with Gasteiger partial charge in [0.25, 0.3) is 0 Å². The van der Waals surface area contributed by atoms with Gasteiger partial charge in [-0.1, -0.05) is 0 Å². The lowest BCUT2D eigenvalue weighted by molar-refractivity contribution is -0.384. The Balaban J connectivity index is 2.36. The summed E-state index contributed by atoms with van der Waals surface area (Å²) in [5.74, 6) is 0.497. The molecule has 1 N–H and O–H groups in total. The van der Waals surface area contributed by atoms with Crippen molar-refractivity contribution in [2.75, 3.05) is 16.8 Å². The summed E-state index contributed by atoms with van der Waals surface area (Å²) < 4.78 is 24.9. The average Bonchev–Trinajstić information content (AvgIpc) is 2.65. The Morgan fingerprint density at radius 1 is 1.48 bits per heavy atom. The lowest BCUT2D eigenvalue weighted by Crippen LogP contribution is -2.35. The number of nitro groups is 1. The minimum atomic E-state index is -3.07. The summed E-state index contributed by atoms with van der Waals surface area (Å²) >= 11 is 0. The second-order valence-electron chi connectivity index (χ2n) is 5.68. The molecule has 1 atom stereocenters. The largest absolute Gasteiger partial charge is 0.361 e. The van der Waals surface area contributed by atoms with Gasteiger partial charge in [0.05, 0.1) is 16.4 Å². The first-order valence-corrected chi connectivity index (χ1v) is 8.74. The van der Waals surface area contributed by atoms with E-state index in [-0.39, 0.29) is 29.3 Å². The monoisotopic (exact) mass is 316 g/mol. The Bertz CT molecular complexity index is 650. The third kappa shape index (κ3) is 3.34. The second-order valence-corrected chi connectivity index (χ2v) is 7.90. The zero-order chi connectivity index (χ0) is 15.8. The molecule has 1 unspecified atom stereocenters. The van der Waals surface area contributed by atoms with E-state index in [2.05, 4.69) is 10.4 Å². The van der Waals surface area contributed by atoms with Crippen molar-refractivity contribution in [1.82, 2.24) is 9.78 Å². The molecule has 1 aromatic rings. The van der Waals surface area contributed by atoms with Gasteiger partial charge < -0.3 is 5.32 Å². The summed E-state index contributed by atoms with van der Waals surface area (Å²) in [6, 6.07) is -0.365. The quantitative estimate of drug-likeness (QED) is 0.669. The molecule has 2 rings (SSSR count). The van der Waals surface area contributed by atoms with Crippen molar-refractivity contribution in [2.24, 2.45) is 0 Å². The smallest absolute Gasteiger partial charge is 0.333 e. The molecule has 0 aliphatic carbocycles. The number of aromatic nitrogens is 2. The SMILES string of the molecule is Cc1nn(C(C)C)c(NC2CCCS(=O)(=O)C2)c1[N+](=O)[O-]. The molecule has 8 nitrogen and oxygen atoms in total. The molecule has 1 saturated heterocycles. The van der Waals surface area contributed by atoms with Crippen LogP contribution in [0.5, 0.6) is 0 Å². The van der Waals surface area contributed by atoms with Crippen molar-refractivity contribution >= 4 is 21.3 Å². The molecular formula is C12H20N4O4S. The molecule has 1 aromatic heterocycles. The van der Waals surface area contributed by atoms with Crippen molar-refractivity contribution < 1.29 is 13.3 Å². The fourth-order valence-corrected chi connectivity index (χ4v) is 4.23. The van der Waals surface area contributed by atoms with Gasteiger partial charge in [-0.25, -0.2) is 13.1 Å². The van der Waals surface area contributed by atoms with E-state index in [9.17, 15) is 18.5 Å². The molecule has 0 bridgehead atoms. The van der Waals surface area contributed by atoms with Gasteiger partial charge in [0.15, 0.2) is 9.84 Å². The highest BCUT2D eigenvalue weighted by Gasteiger charge is 2.31. The molecule has 118 valence electrons. The maximum absolute atomic E-state index is 11.7. The summed E-state index contributed by atoms with van der Waals surface area (Å²) in [5.41, 5.74) is 0.251. The summed E-state index contributed by atoms with van der Waals surface area (Å²) in [6.45, 7) is 5.33. The Morgan fingerprint density at radius 2 is 2.14 bits per heavy atom. The highest BCUT2D eigenvalue weighted by atomic mass is 32.2. The second kappa shape index (κ2) is 5.63. The lowest BCUT2D eigenvalue weighted by atomic mass is 10.2. The molecule has 1 aliphatic heterocycles. The van der Waals surface area contributed by atoms with Crippen LogP contribution in [0, 0.1) is 17.0 Å². The third-order valence-electron chi connectivity index (χ3n) is 3.53. The predicted molar refractivity (Wildman–Crippen MR) is 79.3 cm³/mol. The van der Waals surface area contributed by atoms with E-state index < -0.39 is 14.8 Å². The zero-order valence-corrected chi connectivity index (χ0v) is 13.2. The maximum atomic E-state index is 11.7. The molecule has 0 spiro atoms. The number of hydrogen-bond donors (Lipinski definition) is 1. The van der Waals surface area contributed by atoms with Crippen LogP contribution >= 0.6 is 0 Å². The van der Waals surface area contributed by atoms with Gasteiger partial charge >= 0.3 is 5.69 Å². The Labute approximate surface area is 123 Å². The minimum absolute atomic E-state index is 0.00643. The first-order chi connectivity index (χ1) is 9.71. The van der Waals surface area contributed by atoms with Crippen LogP contribution in [0.2, 0.25) is 0 Å². The molecule has 0 saturated carbocycles. The number of aryl methyl sites for hydroxylation is 1. The number of rotatable bonds is 4. The minimum Gasteiger partial charge on any atom is -0.361 e. The van der Waals surface area contributed by atoms with Crippen LogP contribution < -0.4 is 5.32 Å². The van der Waals surface area contributed by atoms with Gasteiger partial charge in [0.1, 0.15) is 5.69 Å². The average molecular weight is 316 g/mol. The van der Waals surface area contributed by atoms with Crippen LogP contribution in [0.3, 0.4) is 0 Å². The number of nitrogens with one attached hydrogen (secondary N) is 1. The molecule has 0 radical (unpaired) electrons. The van der Waals surface area contributed by atoms with Gasteiger partial charge in [-0.15, -0.1) is 0 Å². The molecule has 9 heteroatoms. The van der Waals surface area contributed by atoms with Gasteiger partial charge in [-0.3, -0.25) is 10.1 Å². The van der Waals surface area contributed by atoms with Crippen molar-refractivity contribution in [3.63, 3.8) is 0 Å². The fraction of sp³-hybridized carbons (Fsp3) is 0.750. The molecule has 0 amide bonds. The van der Waals surface area contributed by atoms with Gasteiger partial charge in [-0.2, -0.15) is 5.10 Å². The first kappa shape index (κ1) is 15.7. The zero-order valence-electron chi connectivity index (χ0n) is 12.4. The molecule has 1 aliphatic rings. The molecule has 0 aromatic carbocycles. The van der Waals surface area contributed by atoms with Crippen LogP contribution in [0.4, 0.5) is 11.5 Å². The van der Waals surface area contributed by atoms with Crippen LogP contribution in [-0.4, -0.2) is 40.7 Å². The van der Waals surface area contributed by atoms with E-state index in [0.29, 0.717) is 24.4 Å². The van der Waals surface area contributed by atoms with Crippen molar-refractivity contribution in [2.45, 2.75) is 45.7 Å². The number of hydrogen-bond acceptors (Lipinski definition) is 6. The Hall–Kier alpha value is -1.64. The number of anilines is 1. The summed E-state index contributed by atoms with van der Waals surface area (Å²) in [5, 5.41) is 18.5. The predicted octanol–water partition coefficient (Wildman–Crippen LogP) is 1.67. The van der Waals surface area contributed by atoms with E-state index in [1.165, 1.54) is 0 Å². The highest BCUT2D eigenvalue weighted by Crippen LogP contribution is 2.32. The van der Waals surface area contributed by atoms with Crippen LogP contribution in [0.15, 0.2) is 0 Å². The standard InChI is InChI=1S/C12H20N4O4S/c1-8(2)15-12(11(16(17)18)9(3)14-15)13-10-5-4-6-21(19,20)7-10/h8,10,13H,4-7H2,1-3H3. The van der Waals surface area contributed by atoms with E-state index >= 15 is 0 Å². The number of sulfone groups is 1. The van der Waals surface area contributed by atoms with Gasteiger partial charge in [-0.05, 0) is 33.6 Å². The number of nitrogens with zero attached hydrogens (tertiary/aromatic N) is 3. The van der Waals surface area contributed by atoms with Crippen molar-refractivity contribution in [3.05, 3.63) is 15.8 Å². The lowest BCUT2D eigenvalue weighted by Gasteiger charge is -2.24.